The summed E-state index contributed by atoms with van der Waals surface area (Å²) in [5.41, 5.74) is 13.8. The topological polar surface area (TPSA) is 99.2 Å². The molecule has 0 spiro atoms. The van der Waals surface area contributed by atoms with Gasteiger partial charge in [-0.25, -0.2) is 0 Å². The van der Waals surface area contributed by atoms with Gasteiger partial charge in [0.05, 0.1) is 17.7 Å². The average Bonchev–Trinajstić information content (AvgIpc) is 2.97. The molecule has 0 saturated carbocycles. The number of benzene rings is 4. The Morgan fingerprint density at radius 1 is 0.974 bits per heavy atom. The molecule has 2 amide bonds. The first-order chi connectivity index (χ1) is 18.9. The van der Waals surface area contributed by atoms with E-state index in [2.05, 4.69) is 34.5 Å². The molecular weight excluding hydrogens is 484 g/mol. The molecule has 5 rings (SSSR count). The van der Waals surface area contributed by atoms with Crippen LogP contribution < -0.4 is 16.0 Å². The Kier molecular flexibility index (Phi) is 7.42. The summed E-state index contributed by atoms with van der Waals surface area (Å²) in [5.74, 6) is -0.548. The van der Waals surface area contributed by atoms with Gasteiger partial charge in [-0.2, -0.15) is 5.26 Å². The highest BCUT2D eigenvalue weighted by Crippen LogP contribution is 2.32. The van der Waals surface area contributed by atoms with Crippen LogP contribution in [-0.2, 0) is 13.0 Å². The van der Waals surface area contributed by atoms with Gasteiger partial charge in [-0.15, -0.1) is 0 Å². The molecular formula is C33H30N4O2. The summed E-state index contributed by atoms with van der Waals surface area (Å²) in [5, 5.41) is 12.1. The van der Waals surface area contributed by atoms with Crippen molar-refractivity contribution in [3.05, 3.63) is 124 Å². The molecule has 0 saturated heterocycles. The van der Waals surface area contributed by atoms with Crippen molar-refractivity contribution in [3.8, 4) is 17.2 Å². The fourth-order valence-corrected chi connectivity index (χ4v) is 5.15. The molecule has 6 nitrogen and oxygen atoms in total. The molecule has 1 atom stereocenters. The van der Waals surface area contributed by atoms with Gasteiger partial charge in [-0.3, -0.25) is 9.59 Å². The largest absolute Gasteiger partial charge is 0.367 e. The van der Waals surface area contributed by atoms with E-state index in [-0.39, 0.29) is 11.9 Å². The summed E-state index contributed by atoms with van der Waals surface area (Å²) in [7, 11) is 0. The third-order valence-electron chi connectivity index (χ3n) is 7.30. The summed E-state index contributed by atoms with van der Waals surface area (Å²) >= 11 is 0. The van der Waals surface area contributed by atoms with E-state index in [4.69, 9.17) is 11.0 Å². The second kappa shape index (κ2) is 11.2. The van der Waals surface area contributed by atoms with E-state index in [1.807, 2.05) is 55.5 Å². The van der Waals surface area contributed by atoms with Crippen molar-refractivity contribution in [1.82, 2.24) is 5.32 Å². The van der Waals surface area contributed by atoms with Gasteiger partial charge >= 0.3 is 0 Å². The third-order valence-corrected chi connectivity index (χ3v) is 7.30. The smallest absolute Gasteiger partial charge is 0.251 e. The number of aryl methyl sites for hydroxylation is 1. The predicted octanol–water partition coefficient (Wildman–Crippen LogP) is 5.77. The summed E-state index contributed by atoms with van der Waals surface area (Å²) in [6, 6.07) is 30.9. The lowest BCUT2D eigenvalue weighted by Gasteiger charge is -2.32. The number of carbonyl (C=O) groups excluding carboxylic acids is 2. The minimum atomic E-state index is -0.434. The first kappa shape index (κ1) is 25.7. The number of hydrogen-bond donors (Lipinski definition) is 2. The quantitative estimate of drug-likeness (QED) is 0.327. The molecule has 0 bridgehead atoms. The van der Waals surface area contributed by atoms with Crippen molar-refractivity contribution in [1.29, 1.82) is 5.26 Å². The van der Waals surface area contributed by atoms with Crippen LogP contribution in [0.2, 0.25) is 0 Å². The zero-order valence-corrected chi connectivity index (χ0v) is 21.9. The summed E-state index contributed by atoms with van der Waals surface area (Å²) in [6.07, 6.45) is 1.93. The highest BCUT2D eigenvalue weighted by molar-refractivity contribution is 5.95. The molecule has 4 aromatic rings. The second-order valence-corrected chi connectivity index (χ2v) is 9.90. The van der Waals surface area contributed by atoms with Crippen LogP contribution in [0, 0.1) is 11.3 Å². The van der Waals surface area contributed by atoms with E-state index in [1.165, 1.54) is 11.1 Å². The van der Waals surface area contributed by atoms with E-state index in [0.717, 1.165) is 48.3 Å². The number of nitriles is 1. The number of rotatable bonds is 7. The van der Waals surface area contributed by atoms with Crippen molar-refractivity contribution < 1.29 is 9.59 Å². The predicted molar refractivity (Wildman–Crippen MR) is 153 cm³/mol. The Bertz CT molecular complexity index is 1550. The Labute approximate surface area is 228 Å². The maximum absolute atomic E-state index is 13.1. The van der Waals surface area contributed by atoms with Gasteiger partial charge in [0.25, 0.3) is 5.91 Å². The summed E-state index contributed by atoms with van der Waals surface area (Å²) in [4.78, 5) is 26.9. The van der Waals surface area contributed by atoms with E-state index >= 15 is 0 Å². The van der Waals surface area contributed by atoms with Crippen LogP contribution in [0.15, 0.2) is 91.0 Å². The lowest BCUT2D eigenvalue weighted by atomic mass is 9.95. The molecule has 4 aromatic carbocycles. The van der Waals surface area contributed by atoms with E-state index in [1.54, 1.807) is 24.3 Å². The fraction of sp³-hybridized carbons (Fsp3) is 0.182. The number of anilines is 1. The van der Waals surface area contributed by atoms with Crippen LogP contribution in [0.4, 0.5) is 5.69 Å². The molecule has 1 aliphatic heterocycles. The molecule has 1 heterocycles. The molecule has 3 N–H and O–H groups in total. The molecule has 1 aliphatic rings. The Morgan fingerprint density at radius 2 is 1.69 bits per heavy atom. The molecule has 6 heteroatoms. The van der Waals surface area contributed by atoms with Crippen LogP contribution in [0.5, 0.6) is 0 Å². The zero-order chi connectivity index (χ0) is 27.4. The lowest BCUT2D eigenvalue weighted by Crippen LogP contribution is -2.30. The lowest BCUT2D eigenvalue weighted by molar-refractivity contribution is 0.0938. The van der Waals surface area contributed by atoms with E-state index in [9.17, 15) is 9.59 Å². The van der Waals surface area contributed by atoms with Crippen LogP contribution in [-0.4, -0.2) is 18.4 Å². The number of carbonyl (C=O) groups is 2. The van der Waals surface area contributed by atoms with Crippen molar-refractivity contribution in [3.63, 3.8) is 0 Å². The SMILES string of the molecule is CC(NC(=O)c1ccc2c(c1)CCCN2Cc1ccccc1-c1ccc(C(N)=O)cc1)c1ccc(C#N)cc1. The number of nitrogens with zero attached hydrogens (tertiary/aromatic N) is 2. The number of fused-ring (bicyclic) bond motifs is 1. The van der Waals surface area contributed by atoms with Crippen LogP contribution in [0.1, 0.15) is 62.4 Å². The van der Waals surface area contributed by atoms with Gasteiger partial charge < -0.3 is 16.0 Å². The third kappa shape index (κ3) is 5.68. The Balaban J connectivity index is 1.33. The molecule has 39 heavy (non-hydrogen) atoms. The number of nitrogens with two attached hydrogens (primary N) is 1. The summed E-state index contributed by atoms with van der Waals surface area (Å²) in [6.45, 7) is 3.61. The van der Waals surface area contributed by atoms with Crippen molar-refractivity contribution in [2.75, 3.05) is 11.4 Å². The zero-order valence-electron chi connectivity index (χ0n) is 21.9. The minimum absolute atomic E-state index is 0.114. The first-order valence-electron chi connectivity index (χ1n) is 13.1. The highest BCUT2D eigenvalue weighted by Gasteiger charge is 2.21. The Morgan fingerprint density at radius 3 is 2.41 bits per heavy atom. The second-order valence-electron chi connectivity index (χ2n) is 9.90. The van der Waals surface area contributed by atoms with Gasteiger partial charge in [-0.1, -0.05) is 48.5 Å². The normalized spacial score (nSPS) is 13.2. The fourth-order valence-electron chi connectivity index (χ4n) is 5.15. The van der Waals surface area contributed by atoms with Crippen molar-refractivity contribution in [2.24, 2.45) is 5.73 Å². The number of hydrogen-bond acceptors (Lipinski definition) is 4. The summed E-state index contributed by atoms with van der Waals surface area (Å²) < 4.78 is 0. The van der Waals surface area contributed by atoms with E-state index < -0.39 is 5.91 Å². The van der Waals surface area contributed by atoms with Gasteiger partial charge in [0.2, 0.25) is 5.91 Å². The van der Waals surface area contributed by atoms with Crippen LogP contribution in [0.25, 0.3) is 11.1 Å². The minimum Gasteiger partial charge on any atom is -0.367 e. The van der Waals surface area contributed by atoms with Crippen molar-refractivity contribution in [2.45, 2.75) is 32.4 Å². The van der Waals surface area contributed by atoms with Crippen LogP contribution in [0.3, 0.4) is 0 Å². The van der Waals surface area contributed by atoms with E-state index in [0.29, 0.717) is 16.7 Å². The number of primary amides is 1. The molecule has 0 radical (unpaired) electrons. The molecule has 194 valence electrons. The first-order valence-corrected chi connectivity index (χ1v) is 13.1. The van der Waals surface area contributed by atoms with Crippen LogP contribution >= 0.6 is 0 Å². The standard InChI is InChI=1S/C33H30N4O2/c1-22(24-10-8-23(20-34)9-11-24)36-33(39)28-16-17-31-27(19-28)6-4-18-37(31)21-29-5-2-3-7-30(29)25-12-14-26(15-13-25)32(35)38/h2-3,5,7-17,19,22H,4,6,18,21H2,1H3,(H2,35,38)(H,36,39). The maximum Gasteiger partial charge on any atom is 0.251 e. The maximum atomic E-state index is 13.1. The molecule has 0 aliphatic carbocycles. The molecule has 1 unspecified atom stereocenters. The number of nitrogens with one attached hydrogen (secondary N) is 1. The highest BCUT2D eigenvalue weighted by atomic mass is 16.2. The van der Waals surface area contributed by atoms with Gasteiger partial charge in [0.15, 0.2) is 0 Å². The number of amides is 2. The average molecular weight is 515 g/mol. The van der Waals surface area contributed by atoms with Gasteiger partial charge in [-0.05, 0) is 90.0 Å². The Hall–Kier alpha value is -4.89. The van der Waals surface area contributed by atoms with Gasteiger partial charge in [0.1, 0.15) is 0 Å². The monoisotopic (exact) mass is 514 g/mol. The molecule has 0 fully saturated rings. The van der Waals surface area contributed by atoms with Gasteiger partial charge in [0, 0.05) is 29.9 Å². The molecule has 0 aromatic heterocycles. The van der Waals surface area contributed by atoms with Crippen molar-refractivity contribution >= 4 is 17.5 Å².